The largest absolute Gasteiger partial charge is 0.497 e. The lowest BCUT2D eigenvalue weighted by Crippen LogP contribution is -2.09. The number of nitrogen functional groups attached to an aromatic ring is 1. The van der Waals surface area contributed by atoms with Crippen molar-refractivity contribution in [3.8, 4) is 17.6 Å². The van der Waals surface area contributed by atoms with Gasteiger partial charge in [-0.3, -0.25) is 4.79 Å². The predicted molar refractivity (Wildman–Crippen MR) is 110 cm³/mol. The molecule has 0 aliphatic carbocycles. The van der Waals surface area contributed by atoms with Crippen molar-refractivity contribution in [3.63, 3.8) is 0 Å². The number of rotatable bonds is 4. The van der Waals surface area contributed by atoms with Crippen molar-refractivity contribution in [1.29, 1.82) is 0 Å². The summed E-state index contributed by atoms with van der Waals surface area (Å²) in [6.45, 7) is 4.63. The first-order valence-electron chi connectivity index (χ1n) is 8.95. The first kappa shape index (κ1) is 18.4. The van der Waals surface area contributed by atoms with E-state index in [0.717, 1.165) is 40.1 Å². The molecule has 2 aromatic carbocycles. The van der Waals surface area contributed by atoms with Gasteiger partial charge in [-0.25, -0.2) is 0 Å². The van der Waals surface area contributed by atoms with Crippen molar-refractivity contribution in [2.24, 2.45) is 0 Å². The Morgan fingerprint density at radius 1 is 1.19 bits per heavy atom. The number of hydrogen-bond acceptors (Lipinski definition) is 3. The second kappa shape index (κ2) is 7.88. The molecule has 0 spiro atoms. The van der Waals surface area contributed by atoms with Crippen molar-refractivity contribution in [3.05, 3.63) is 53.7 Å². The highest BCUT2D eigenvalue weighted by atomic mass is 16.5. The second-order valence-electron chi connectivity index (χ2n) is 6.12. The molecule has 0 aliphatic rings. The van der Waals surface area contributed by atoms with Crippen LogP contribution < -0.4 is 15.8 Å². The van der Waals surface area contributed by atoms with Gasteiger partial charge < -0.3 is 20.4 Å². The number of anilines is 2. The van der Waals surface area contributed by atoms with Crippen molar-refractivity contribution >= 4 is 28.2 Å². The lowest BCUT2D eigenvalue weighted by molar-refractivity contribution is -0.115. The first-order chi connectivity index (χ1) is 13.1. The Morgan fingerprint density at radius 3 is 2.70 bits per heavy atom. The fraction of sp³-hybridized carbons (Fsp3) is 0.227. The van der Waals surface area contributed by atoms with Gasteiger partial charge in [0.2, 0.25) is 5.91 Å². The van der Waals surface area contributed by atoms with Crippen LogP contribution in [-0.4, -0.2) is 17.6 Å². The summed E-state index contributed by atoms with van der Waals surface area (Å²) in [5, 5.41) is 3.81. The van der Waals surface area contributed by atoms with Gasteiger partial charge in [0, 0.05) is 35.7 Å². The minimum Gasteiger partial charge on any atom is -0.497 e. The van der Waals surface area contributed by atoms with E-state index in [1.54, 1.807) is 7.11 Å². The van der Waals surface area contributed by atoms with Crippen LogP contribution in [0.4, 0.5) is 11.4 Å². The van der Waals surface area contributed by atoms with Crippen LogP contribution in [0.25, 0.3) is 10.9 Å². The van der Waals surface area contributed by atoms with Gasteiger partial charge in [-0.15, -0.1) is 0 Å². The lowest BCUT2D eigenvalue weighted by atomic mass is 10.2. The van der Waals surface area contributed by atoms with Crippen molar-refractivity contribution in [1.82, 2.24) is 4.57 Å². The van der Waals surface area contributed by atoms with Crippen LogP contribution in [0.15, 0.2) is 42.5 Å². The minimum absolute atomic E-state index is 0.0237. The van der Waals surface area contributed by atoms with Crippen LogP contribution in [0.1, 0.15) is 31.5 Å². The number of fused-ring (bicyclic) bond motifs is 1. The van der Waals surface area contributed by atoms with Gasteiger partial charge >= 0.3 is 0 Å². The Balaban J connectivity index is 2.02. The Labute approximate surface area is 159 Å². The van der Waals surface area contributed by atoms with E-state index in [1.807, 2.05) is 49.4 Å². The fourth-order valence-electron chi connectivity index (χ4n) is 3.00. The van der Waals surface area contributed by atoms with Crippen LogP contribution in [0.5, 0.6) is 5.75 Å². The molecule has 0 fully saturated rings. The van der Waals surface area contributed by atoms with Crippen LogP contribution in [0.2, 0.25) is 0 Å². The first-order valence-corrected chi connectivity index (χ1v) is 8.95. The number of nitrogens with two attached hydrogens (primary N) is 1. The summed E-state index contributed by atoms with van der Waals surface area (Å²) in [6.07, 6.45) is 0.437. The molecule has 1 amide bonds. The summed E-state index contributed by atoms with van der Waals surface area (Å²) in [6, 6.07) is 13.3. The molecule has 1 aromatic heterocycles. The molecular weight excluding hydrogens is 338 g/mol. The maximum atomic E-state index is 11.6. The molecule has 0 atom stereocenters. The molecule has 27 heavy (non-hydrogen) atoms. The summed E-state index contributed by atoms with van der Waals surface area (Å²) in [5.74, 6) is 7.13. The van der Waals surface area contributed by atoms with Gasteiger partial charge in [-0.1, -0.05) is 18.9 Å². The van der Waals surface area contributed by atoms with Gasteiger partial charge in [-0.2, -0.15) is 0 Å². The van der Waals surface area contributed by atoms with Gasteiger partial charge in [0.25, 0.3) is 0 Å². The number of aromatic nitrogens is 1. The number of aryl methyl sites for hydroxylation is 1. The molecule has 5 nitrogen and oxygen atoms in total. The zero-order valence-corrected chi connectivity index (χ0v) is 15.8. The molecular formula is C22H23N3O2. The molecule has 138 valence electrons. The van der Waals surface area contributed by atoms with Gasteiger partial charge in [0.05, 0.1) is 18.3 Å². The van der Waals surface area contributed by atoms with E-state index in [4.69, 9.17) is 10.5 Å². The summed E-state index contributed by atoms with van der Waals surface area (Å²) in [7, 11) is 1.65. The molecule has 3 N–H and O–H groups in total. The number of ether oxygens (including phenoxy) is 1. The second-order valence-corrected chi connectivity index (χ2v) is 6.12. The quantitative estimate of drug-likeness (QED) is 0.690. The van der Waals surface area contributed by atoms with Crippen molar-refractivity contribution in [2.45, 2.75) is 26.8 Å². The predicted octanol–water partition coefficient (Wildman–Crippen LogP) is 4.00. The zero-order chi connectivity index (χ0) is 19.4. The minimum atomic E-state index is -0.0237. The molecule has 0 unspecified atom stereocenters. The van der Waals surface area contributed by atoms with E-state index < -0.39 is 0 Å². The van der Waals surface area contributed by atoms with Crippen LogP contribution >= 0.6 is 0 Å². The van der Waals surface area contributed by atoms with Crippen LogP contribution in [-0.2, 0) is 11.3 Å². The molecule has 0 saturated heterocycles. The van der Waals surface area contributed by atoms with Crippen LogP contribution in [0.3, 0.4) is 0 Å². The van der Waals surface area contributed by atoms with E-state index in [2.05, 4.69) is 28.6 Å². The number of hydrogen-bond donors (Lipinski definition) is 2. The van der Waals surface area contributed by atoms with E-state index >= 15 is 0 Å². The highest BCUT2D eigenvalue weighted by Gasteiger charge is 2.13. The van der Waals surface area contributed by atoms with E-state index in [1.165, 1.54) is 0 Å². The van der Waals surface area contributed by atoms with E-state index in [-0.39, 0.29) is 5.91 Å². The molecule has 0 saturated carbocycles. The molecule has 1 heterocycles. The number of carbonyl (C=O) groups excluding carboxylic acids is 1. The van der Waals surface area contributed by atoms with Crippen LogP contribution in [0, 0.1) is 11.8 Å². The number of carbonyl (C=O) groups is 1. The lowest BCUT2D eigenvalue weighted by Gasteiger charge is -2.05. The monoisotopic (exact) mass is 361 g/mol. The third kappa shape index (κ3) is 3.75. The Hall–Kier alpha value is -3.39. The molecule has 5 heteroatoms. The van der Waals surface area contributed by atoms with Gasteiger partial charge in [0.1, 0.15) is 11.4 Å². The Morgan fingerprint density at radius 2 is 2.00 bits per heavy atom. The normalized spacial score (nSPS) is 10.3. The summed E-state index contributed by atoms with van der Waals surface area (Å²) >= 11 is 0. The standard InChI is InChI=1S/C22H23N3O2/c1-4-21(26)24-16-8-6-7-15(13-16)9-12-19-22(23)18-11-10-17(27-3)14-20(18)25(19)5-2/h6-8,10-11,13-14H,4-5,23H2,1-3H3,(H,24,26). The van der Waals surface area contributed by atoms with E-state index in [9.17, 15) is 4.79 Å². The number of methoxy groups -OCH3 is 1. The molecule has 0 aliphatic heterocycles. The summed E-state index contributed by atoms with van der Waals surface area (Å²) in [4.78, 5) is 11.6. The highest BCUT2D eigenvalue weighted by Crippen LogP contribution is 2.31. The fourth-order valence-corrected chi connectivity index (χ4v) is 3.00. The Bertz CT molecular complexity index is 1050. The van der Waals surface area contributed by atoms with Crippen molar-refractivity contribution in [2.75, 3.05) is 18.2 Å². The average Bonchev–Trinajstić information content (AvgIpc) is 2.96. The molecule has 3 rings (SSSR count). The average molecular weight is 361 g/mol. The molecule has 0 radical (unpaired) electrons. The maximum Gasteiger partial charge on any atom is 0.224 e. The Kier molecular flexibility index (Phi) is 5.37. The third-order valence-electron chi connectivity index (χ3n) is 4.42. The third-order valence-corrected chi connectivity index (χ3v) is 4.42. The number of nitrogens with zero attached hydrogens (tertiary/aromatic N) is 1. The zero-order valence-electron chi connectivity index (χ0n) is 15.8. The topological polar surface area (TPSA) is 69.3 Å². The van der Waals surface area contributed by atoms with Gasteiger partial charge in [-0.05, 0) is 43.2 Å². The smallest absolute Gasteiger partial charge is 0.224 e. The molecule has 0 bridgehead atoms. The number of amides is 1. The number of benzene rings is 2. The van der Waals surface area contributed by atoms with E-state index in [0.29, 0.717) is 12.1 Å². The molecule has 3 aromatic rings. The number of nitrogens with one attached hydrogen (secondary N) is 1. The van der Waals surface area contributed by atoms with Gasteiger partial charge in [0.15, 0.2) is 0 Å². The summed E-state index contributed by atoms with van der Waals surface area (Å²) in [5.41, 5.74) is 10.4. The highest BCUT2D eigenvalue weighted by molar-refractivity contribution is 5.96. The van der Waals surface area contributed by atoms with Crippen molar-refractivity contribution < 1.29 is 9.53 Å². The SMILES string of the molecule is CCC(=O)Nc1cccc(C#Cc2c(N)c3ccc(OC)cc3n2CC)c1. The maximum absolute atomic E-state index is 11.6. The summed E-state index contributed by atoms with van der Waals surface area (Å²) < 4.78 is 7.42.